The summed E-state index contributed by atoms with van der Waals surface area (Å²) in [4.78, 5) is 7.90. The van der Waals surface area contributed by atoms with Crippen molar-refractivity contribution < 1.29 is 0 Å². The highest BCUT2D eigenvalue weighted by molar-refractivity contribution is 7.33. The van der Waals surface area contributed by atoms with E-state index in [1.54, 1.807) is 0 Å². The molecule has 0 radical (unpaired) electrons. The zero-order valence-corrected chi connectivity index (χ0v) is 36.7. The van der Waals surface area contributed by atoms with Crippen LogP contribution in [0.3, 0.4) is 0 Å². The number of anilines is 8. The molecule has 1 fully saturated rings. The molecule has 11 rings (SSSR count). The summed E-state index contributed by atoms with van der Waals surface area (Å²) in [6.45, 7) is 19.0. The average Bonchev–Trinajstić information content (AvgIpc) is 3.70. The van der Waals surface area contributed by atoms with E-state index < -0.39 is 0 Å². The number of rotatable bonds is 3. The number of thiophene rings is 1. The van der Waals surface area contributed by atoms with Gasteiger partial charge in [0.1, 0.15) is 0 Å². The maximum absolute atomic E-state index is 2.74. The second kappa shape index (κ2) is 12.6. The standard InChI is InChI=1S/C54H54BN3S/c1-51(2,3)35-22-26-37(27-23-35)56-44-19-15-20-45-48(44)55(50-49(40-16-9-12-21-47(40)59-50)57(45)38-28-24-36(25-29-38)52(4,5)6)42-31-30-39(34-46(42)56)58-43-18-11-10-17-41(43)53(7)32-13-14-33-54(53,58)8/h9-12,15-31,34H,13-14,32-33H2,1-8H3. The lowest BCUT2D eigenvalue weighted by Crippen LogP contribution is -2.60. The first-order chi connectivity index (χ1) is 28.3. The van der Waals surface area contributed by atoms with Crippen molar-refractivity contribution >= 4 is 89.3 Å². The van der Waals surface area contributed by atoms with Gasteiger partial charge in [-0.2, -0.15) is 0 Å². The summed E-state index contributed by atoms with van der Waals surface area (Å²) in [5.41, 5.74) is 17.3. The van der Waals surface area contributed by atoms with E-state index >= 15 is 0 Å². The molecule has 294 valence electrons. The molecule has 0 bridgehead atoms. The van der Waals surface area contributed by atoms with Crippen LogP contribution in [0.25, 0.3) is 10.1 Å². The second-order valence-electron chi connectivity index (χ2n) is 20.1. The van der Waals surface area contributed by atoms with Crippen molar-refractivity contribution in [3.05, 3.63) is 150 Å². The van der Waals surface area contributed by atoms with Crippen molar-refractivity contribution in [2.75, 3.05) is 14.7 Å². The van der Waals surface area contributed by atoms with E-state index in [0.29, 0.717) is 0 Å². The van der Waals surface area contributed by atoms with Crippen LogP contribution in [0.2, 0.25) is 0 Å². The Morgan fingerprint density at radius 3 is 1.83 bits per heavy atom. The molecule has 1 aromatic heterocycles. The lowest BCUT2D eigenvalue weighted by atomic mass is 9.36. The minimum Gasteiger partial charge on any atom is -0.334 e. The largest absolute Gasteiger partial charge is 0.334 e. The van der Waals surface area contributed by atoms with Gasteiger partial charge in [-0.25, -0.2) is 0 Å². The summed E-state index contributed by atoms with van der Waals surface area (Å²) in [5.74, 6) is 0. The van der Waals surface area contributed by atoms with Gasteiger partial charge >= 0.3 is 0 Å². The highest BCUT2D eigenvalue weighted by atomic mass is 32.1. The van der Waals surface area contributed by atoms with Crippen molar-refractivity contribution in [1.82, 2.24) is 0 Å². The van der Waals surface area contributed by atoms with Gasteiger partial charge in [0.2, 0.25) is 0 Å². The lowest BCUT2D eigenvalue weighted by Gasteiger charge is -2.50. The summed E-state index contributed by atoms with van der Waals surface area (Å²) in [7, 11) is 0. The number of hydrogen-bond acceptors (Lipinski definition) is 4. The molecule has 2 unspecified atom stereocenters. The van der Waals surface area contributed by atoms with Crippen LogP contribution < -0.4 is 30.4 Å². The van der Waals surface area contributed by atoms with Crippen LogP contribution in [-0.2, 0) is 16.2 Å². The fourth-order valence-electron chi connectivity index (χ4n) is 11.4. The Balaban J connectivity index is 1.17. The van der Waals surface area contributed by atoms with Crippen LogP contribution in [0, 0.1) is 0 Å². The quantitative estimate of drug-likeness (QED) is 0.165. The van der Waals surface area contributed by atoms with Gasteiger partial charge in [-0.1, -0.05) is 134 Å². The molecule has 0 spiro atoms. The first-order valence-corrected chi connectivity index (χ1v) is 22.6. The number of para-hydroxylation sites is 1. The van der Waals surface area contributed by atoms with Crippen molar-refractivity contribution in [2.45, 2.75) is 103 Å². The van der Waals surface area contributed by atoms with Crippen LogP contribution in [0.5, 0.6) is 0 Å². The van der Waals surface area contributed by atoms with Crippen molar-refractivity contribution in [1.29, 1.82) is 0 Å². The van der Waals surface area contributed by atoms with Gasteiger partial charge in [-0.05, 0) is 119 Å². The molecule has 6 aromatic carbocycles. The zero-order valence-electron chi connectivity index (χ0n) is 35.9. The maximum Gasteiger partial charge on any atom is 0.264 e. The molecule has 5 heteroatoms. The molecule has 3 aliphatic heterocycles. The smallest absolute Gasteiger partial charge is 0.264 e. The van der Waals surface area contributed by atoms with Crippen molar-refractivity contribution in [3.8, 4) is 0 Å². The van der Waals surface area contributed by atoms with Gasteiger partial charge in [0.15, 0.2) is 0 Å². The van der Waals surface area contributed by atoms with Gasteiger partial charge in [-0.3, -0.25) is 0 Å². The molecule has 0 saturated heterocycles. The van der Waals surface area contributed by atoms with Crippen LogP contribution in [-0.4, -0.2) is 12.3 Å². The number of nitrogens with zero attached hydrogens (tertiary/aromatic N) is 3. The Hall–Kier alpha value is -5.26. The summed E-state index contributed by atoms with van der Waals surface area (Å²) >= 11 is 1.97. The molecule has 0 amide bonds. The highest BCUT2D eigenvalue weighted by Crippen LogP contribution is 2.61. The summed E-state index contributed by atoms with van der Waals surface area (Å²) in [6.07, 6.45) is 4.94. The predicted molar refractivity (Wildman–Crippen MR) is 256 cm³/mol. The Morgan fingerprint density at radius 1 is 0.559 bits per heavy atom. The van der Waals surface area contributed by atoms with Gasteiger partial charge in [0.05, 0.1) is 11.2 Å². The van der Waals surface area contributed by atoms with E-state index in [1.165, 1.54) is 114 Å². The minimum atomic E-state index is -0.0192. The zero-order chi connectivity index (χ0) is 40.6. The second-order valence-corrected chi connectivity index (χ2v) is 21.2. The number of hydrogen-bond donors (Lipinski definition) is 0. The molecule has 1 aliphatic carbocycles. The first-order valence-electron chi connectivity index (χ1n) is 21.8. The summed E-state index contributed by atoms with van der Waals surface area (Å²) in [6, 6.07) is 51.6. The molecule has 0 N–H and O–H groups in total. The van der Waals surface area contributed by atoms with E-state index in [4.69, 9.17) is 0 Å². The summed E-state index contributed by atoms with van der Waals surface area (Å²) in [5, 5.41) is 1.32. The molecule has 2 atom stereocenters. The molecule has 59 heavy (non-hydrogen) atoms. The van der Waals surface area contributed by atoms with E-state index in [1.807, 2.05) is 11.3 Å². The molecule has 4 aliphatic rings. The Labute approximate surface area is 355 Å². The van der Waals surface area contributed by atoms with E-state index in [9.17, 15) is 0 Å². The van der Waals surface area contributed by atoms with Crippen LogP contribution in [0.4, 0.5) is 45.5 Å². The Morgan fingerprint density at radius 2 is 1.14 bits per heavy atom. The fraction of sp³-hybridized carbons (Fsp3) is 0.296. The van der Waals surface area contributed by atoms with Crippen molar-refractivity contribution in [3.63, 3.8) is 0 Å². The minimum absolute atomic E-state index is 0.0192. The van der Waals surface area contributed by atoms with Gasteiger partial charge in [-0.15, -0.1) is 11.3 Å². The van der Waals surface area contributed by atoms with Gasteiger partial charge in [0.25, 0.3) is 6.71 Å². The molecule has 3 nitrogen and oxygen atoms in total. The molecule has 7 aromatic rings. The van der Waals surface area contributed by atoms with Gasteiger partial charge < -0.3 is 14.7 Å². The Kier molecular flexibility index (Phi) is 7.88. The third-order valence-electron chi connectivity index (χ3n) is 14.7. The maximum atomic E-state index is 2.74. The number of benzene rings is 6. The topological polar surface area (TPSA) is 9.72 Å². The van der Waals surface area contributed by atoms with Crippen LogP contribution in [0.1, 0.15) is 97.8 Å². The average molecular weight is 788 g/mol. The van der Waals surface area contributed by atoms with Crippen LogP contribution >= 0.6 is 11.3 Å². The predicted octanol–water partition coefficient (Wildman–Crippen LogP) is 13.3. The highest BCUT2D eigenvalue weighted by Gasteiger charge is 2.57. The van der Waals surface area contributed by atoms with E-state index in [-0.39, 0.29) is 28.5 Å². The summed E-state index contributed by atoms with van der Waals surface area (Å²) < 4.78 is 2.75. The fourth-order valence-corrected chi connectivity index (χ4v) is 12.7. The lowest BCUT2D eigenvalue weighted by molar-refractivity contribution is 0.195. The molecular formula is C54H54BN3S. The third-order valence-corrected chi connectivity index (χ3v) is 16.0. The monoisotopic (exact) mass is 787 g/mol. The first kappa shape index (κ1) is 36.8. The number of fused-ring (bicyclic) bond motifs is 9. The van der Waals surface area contributed by atoms with Crippen molar-refractivity contribution in [2.24, 2.45) is 0 Å². The Bertz CT molecular complexity index is 2810. The van der Waals surface area contributed by atoms with Gasteiger partial charge in [0, 0.05) is 60.1 Å². The SMILES string of the molecule is CC(C)(C)c1ccc(N2c3cc(N4c5ccccc5C5(C)CCCCC45C)ccc3B3c4sc5ccccc5c4N(c4ccc(C(C)(C)C)cc4)c4cccc2c43)cc1. The molecule has 1 saturated carbocycles. The van der Waals surface area contributed by atoms with E-state index in [2.05, 4.69) is 204 Å². The third kappa shape index (κ3) is 5.19. The molecular weight excluding hydrogens is 733 g/mol. The normalized spacial score (nSPS) is 20.6. The van der Waals surface area contributed by atoms with E-state index in [0.717, 1.165) is 0 Å². The molecule has 4 heterocycles. The van der Waals surface area contributed by atoms with Crippen LogP contribution in [0.15, 0.2) is 133 Å².